The Morgan fingerprint density at radius 3 is 2.66 bits per heavy atom. The van der Waals surface area contributed by atoms with E-state index in [1.165, 1.54) is 11.3 Å². The summed E-state index contributed by atoms with van der Waals surface area (Å²) in [5.41, 5.74) is 2.55. The molecular weight excluding hydrogens is 426 g/mol. The summed E-state index contributed by atoms with van der Waals surface area (Å²) in [5, 5.41) is 11.4. The zero-order valence-corrected chi connectivity index (χ0v) is 18.6. The van der Waals surface area contributed by atoms with Crippen molar-refractivity contribution in [1.82, 2.24) is 14.9 Å². The van der Waals surface area contributed by atoms with Crippen molar-refractivity contribution in [1.29, 1.82) is 0 Å². The number of rotatable bonds is 5. The largest absolute Gasteiger partial charge is 0.496 e. The number of β-amino-alcohol motifs (C(OH)–C–C–N with tert-alkyl or cyclic N) is 1. The molecule has 2 N–H and O–H groups in total. The van der Waals surface area contributed by atoms with Gasteiger partial charge in [0.2, 0.25) is 0 Å². The number of hydrogen-bond donors (Lipinski definition) is 2. The molecule has 0 unspecified atom stereocenters. The number of aromatic amines is 1. The van der Waals surface area contributed by atoms with E-state index in [-0.39, 0.29) is 5.56 Å². The Bertz CT molecular complexity index is 1330. The van der Waals surface area contributed by atoms with Crippen molar-refractivity contribution in [3.8, 4) is 21.9 Å². The van der Waals surface area contributed by atoms with Gasteiger partial charge in [-0.05, 0) is 23.8 Å². The fourth-order valence-corrected chi connectivity index (χ4v) is 5.33. The van der Waals surface area contributed by atoms with Crippen molar-refractivity contribution in [2.45, 2.75) is 19.2 Å². The number of aromatic nitrogens is 2. The summed E-state index contributed by atoms with van der Waals surface area (Å²) >= 11 is 1.51. The van der Waals surface area contributed by atoms with Crippen molar-refractivity contribution in [2.24, 2.45) is 0 Å². The maximum atomic E-state index is 12.7. The molecule has 0 spiro atoms. The normalized spacial score (nSPS) is 16.2. The smallest absolute Gasteiger partial charge is 0.259 e. The molecule has 2 aromatic heterocycles. The Morgan fingerprint density at radius 1 is 1.16 bits per heavy atom. The minimum absolute atomic E-state index is 0.152. The van der Waals surface area contributed by atoms with Gasteiger partial charge in [0.15, 0.2) is 0 Å². The predicted octanol–water partition coefficient (Wildman–Crippen LogP) is 3.72. The molecule has 0 radical (unpaired) electrons. The number of fused-ring (bicyclic) bond motifs is 2. The third-order valence-electron chi connectivity index (χ3n) is 5.74. The fraction of sp³-hybridized carbons (Fsp3) is 0.250. The lowest BCUT2D eigenvalue weighted by molar-refractivity contribution is 0.0829. The lowest BCUT2D eigenvalue weighted by atomic mass is 9.95. The van der Waals surface area contributed by atoms with E-state index in [1.54, 1.807) is 14.2 Å². The number of thiophene rings is 1. The van der Waals surface area contributed by atoms with Gasteiger partial charge in [0, 0.05) is 29.1 Å². The summed E-state index contributed by atoms with van der Waals surface area (Å²) in [5.74, 6) is 1.92. The number of ether oxygens (including phenoxy) is 2. The summed E-state index contributed by atoms with van der Waals surface area (Å²) in [6.07, 6.45) is -0.731. The van der Waals surface area contributed by atoms with Gasteiger partial charge in [-0.15, -0.1) is 11.3 Å². The molecule has 0 fully saturated rings. The number of nitrogens with zero attached hydrogens (tertiary/aromatic N) is 2. The minimum atomic E-state index is -0.731. The van der Waals surface area contributed by atoms with Crippen molar-refractivity contribution >= 4 is 21.6 Å². The summed E-state index contributed by atoms with van der Waals surface area (Å²) in [7, 11) is 3.21. The molecule has 1 atom stereocenters. The first-order valence-corrected chi connectivity index (χ1v) is 11.1. The van der Waals surface area contributed by atoms with E-state index >= 15 is 0 Å². The summed E-state index contributed by atoms with van der Waals surface area (Å²) in [6.45, 7) is 1.35. The molecule has 5 rings (SSSR count). The molecule has 0 bridgehead atoms. The molecule has 0 saturated heterocycles. The number of methoxy groups -OCH3 is 2. The molecule has 2 aromatic carbocycles. The minimum Gasteiger partial charge on any atom is -0.496 e. The summed E-state index contributed by atoms with van der Waals surface area (Å²) in [6, 6.07) is 15.5. The second kappa shape index (κ2) is 8.38. The fourth-order valence-electron chi connectivity index (χ4n) is 4.27. The highest BCUT2D eigenvalue weighted by atomic mass is 32.1. The van der Waals surface area contributed by atoms with Crippen molar-refractivity contribution in [2.75, 3.05) is 20.8 Å². The second-order valence-electron chi connectivity index (χ2n) is 7.76. The van der Waals surface area contributed by atoms with Gasteiger partial charge in [0.1, 0.15) is 22.2 Å². The zero-order chi connectivity index (χ0) is 22.2. The zero-order valence-electron chi connectivity index (χ0n) is 17.8. The number of hydrogen-bond acceptors (Lipinski definition) is 7. The van der Waals surface area contributed by atoms with Crippen LogP contribution in [0.2, 0.25) is 0 Å². The molecule has 0 saturated carbocycles. The first-order valence-electron chi connectivity index (χ1n) is 10.3. The van der Waals surface area contributed by atoms with Crippen LogP contribution in [0.3, 0.4) is 0 Å². The molecule has 164 valence electrons. The molecule has 0 amide bonds. The van der Waals surface area contributed by atoms with Crippen molar-refractivity contribution in [3.63, 3.8) is 0 Å². The molecule has 7 nitrogen and oxygen atoms in total. The van der Waals surface area contributed by atoms with Gasteiger partial charge in [0.05, 0.1) is 32.3 Å². The van der Waals surface area contributed by atoms with Crippen LogP contribution in [0.25, 0.3) is 20.7 Å². The van der Waals surface area contributed by atoms with Crippen LogP contribution in [0.1, 0.15) is 23.1 Å². The van der Waals surface area contributed by atoms with Gasteiger partial charge in [-0.25, -0.2) is 4.98 Å². The Balaban J connectivity index is 1.46. The van der Waals surface area contributed by atoms with Crippen LogP contribution in [0.15, 0.2) is 53.3 Å². The van der Waals surface area contributed by atoms with Crippen LogP contribution in [0.4, 0.5) is 0 Å². The Hall–Kier alpha value is -3.20. The van der Waals surface area contributed by atoms with Gasteiger partial charge in [-0.1, -0.05) is 30.3 Å². The first-order chi connectivity index (χ1) is 15.6. The van der Waals surface area contributed by atoms with Gasteiger partial charge >= 0.3 is 0 Å². The molecule has 32 heavy (non-hydrogen) atoms. The Morgan fingerprint density at radius 2 is 1.91 bits per heavy atom. The Kier molecular flexibility index (Phi) is 5.42. The monoisotopic (exact) mass is 449 g/mol. The van der Waals surface area contributed by atoms with Crippen LogP contribution in [0, 0.1) is 0 Å². The average molecular weight is 450 g/mol. The van der Waals surface area contributed by atoms with E-state index in [2.05, 4.69) is 4.98 Å². The van der Waals surface area contributed by atoms with Crippen LogP contribution in [-0.4, -0.2) is 40.7 Å². The number of aliphatic hydroxyl groups is 1. The highest BCUT2D eigenvalue weighted by molar-refractivity contribution is 7.21. The van der Waals surface area contributed by atoms with E-state index in [4.69, 9.17) is 14.5 Å². The third-order valence-corrected chi connectivity index (χ3v) is 6.82. The topological polar surface area (TPSA) is 87.7 Å². The molecule has 4 aromatic rings. The van der Waals surface area contributed by atoms with Crippen molar-refractivity contribution < 1.29 is 14.6 Å². The highest BCUT2D eigenvalue weighted by Crippen LogP contribution is 2.39. The SMILES string of the molecule is COc1ccc(OC)c2c1CN(Cc1nc3sc(-c4ccccc4)cc3c(=O)[nH]1)C[C@H]2O. The van der Waals surface area contributed by atoms with E-state index in [9.17, 15) is 9.90 Å². The average Bonchev–Trinajstić information content (AvgIpc) is 3.24. The lowest BCUT2D eigenvalue weighted by Gasteiger charge is -2.33. The third kappa shape index (κ3) is 3.66. The van der Waals surface area contributed by atoms with Gasteiger partial charge in [-0.2, -0.15) is 0 Å². The maximum Gasteiger partial charge on any atom is 0.259 e. The predicted molar refractivity (Wildman–Crippen MR) is 124 cm³/mol. The van der Waals surface area contributed by atoms with Crippen LogP contribution in [0.5, 0.6) is 11.5 Å². The summed E-state index contributed by atoms with van der Waals surface area (Å²) in [4.78, 5) is 24.1. The molecule has 3 heterocycles. The van der Waals surface area contributed by atoms with E-state index in [0.717, 1.165) is 21.6 Å². The number of nitrogens with one attached hydrogen (secondary N) is 1. The molecule has 1 aliphatic rings. The van der Waals surface area contributed by atoms with Crippen molar-refractivity contribution in [3.05, 3.63) is 75.8 Å². The number of H-pyrrole nitrogens is 1. The van der Waals surface area contributed by atoms with Gasteiger partial charge in [-0.3, -0.25) is 9.69 Å². The molecule has 0 aliphatic carbocycles. The van der Waals surface area contributed by atoms with Crippen LogP contribution < -0.4 is 15.0 Å². The first kappa shape index (κ1) is 20.7. The van der Waals surface area contributed by atoms with Crippen LogP contribution >= 0.6 is 11.3 Å². The molecular formula is C24H23N3O4S. The molecule has 1 aliphatic heterocycles. The van der Waals surface area contributed by atoms with E-state index in [1.807, 2.05) is 53.4 Å². The summed E-state index contributed by atoms with van der Waals surface area (Å²) < 4.78 is 11.0. The number of aliphatic hydroxyl groups excluding tert-OH is 1. The second-order valence-corrected chi connectivity index (χ2v) is 8.79. The van der Waals surface area contributed by atoms with Gasteiger partial charge < -0.3 is 19.6 Å². The van der Waals surface area contributed by atoms with E-state index < -0.39 is 6.10 Å². The Labute approximate surface area is 188 Å². The maximum absolute atomic E-state index is 12.7. The van der Waals surface area contributed by atoms with E-state index in [0.29, 0.717) is 47.2 Å². The number of benzene rings is 2. The standard InChI is InChI=1S/C24H23N3O4S/c1-30-18-8-9-19(31-2)22-16(18)11-27(12-17(22)28)13-21-25-23(29)15-10-20(32-24(15)26-21)14-6-4-3-5-7-14/h3-10,17,28H,11-13H2,1-2H3,(H,25,26,29)/t17-/m1/s1. The quantitative estimate of drug-likeness (QED) is 0.483. The highest BCUT2D eigenvalue weighted by Gasteiger charge is 2.30. The van der Waals surface area contributed by atoms with Crippen LogP contribution in [-0.2, 0) is 13.1 Å². The lowest BCUT2D eigenvalue weighted by Crippen LogP contribution is -2.34. The van der Waals surface area contributed by atoms with Gasteiger partial charge in [0.25, 0.3) is 5.56 Å². The molecule has 8 heteroatoms.